The molecule has 0 fully saturated rings. The molecule has 10 heteroatoms. The summed E-state index contributed by atoms with van der Waals surface area (Å²) in [6, 6.07) is 11.5. The van der Waals surface area contributed by atoms with Gasteiger partial charge in [0.2, 0.25) is 5.91 Å². The van der Waals surface area contributed by atoms with Crippen molar-refractivity contribution in [3.8, 4) is 11.5 Å². The summed E-state index contributed by atoms with van der Waals surface area (Å²) in [7, 11) is 4.30. The maximum Gasteiger partial charge on any atom is 0.319 e. The lowest BCUT2D eigenvalue weighted by molar-refractivity contribution is -0.142. The van der Waals surface area contributed by atoms with E-state index < -0.39 is 17.6 Å². The van der Waals surface area contributed by atoms with Crippen LogP contribution in [-0.4, -0.2) is 57.0 Å². The van der Waals surface area contributed by atoms with E-state index in [1.807, 2.05) is 0 Å². The van der Waals surface area contributed by atoms with E-state index in [0.29, 0.717) is 23.3 Å². The topological polar surface area (TPSA) is 77.1 Å². The number of hydrogen-bond acceptors (Lipinski definition) is 7. The summed E-state index contributed by atoms with van der Waals surface area (Å²) in [5.41, 5.74) is 1.03. The molecule has 0 saturated carbocycles. The SMILES string of the molecule is COC(=O)CN(CC(=O)Nc1ccccc1SC(F)F)Cc1cc(OC)cc(OC)c1. The number of halogens is 2. The lowest BCUT2D eigenvalue weighted by Gasteiger charge is -2.21. The van der Waals surface area contributed by atoms with Gasteiger partial charge >= 0.3 is 5.97 Å². The Morgan fingerprint density at radius 3 is 2.26 bits per heavy atom. The Balaban J connectivity index is 2.16. The normalized spacial score (nSPS) is 10.8. The van der Waals surface area contributed by atoms with Crippen LogP contribution in [0.25, 0.3) is 0 Å². The van der Waals surface area contributed by atoms with E-state index in [2.05, 4.69) is 5.32 Å². The number of amides is 1. The Bertz CT molecular complexity index is 876. The smallest absolute Gasteiger partial charge is 0.319 e. The van der Waals surface area contributed by atoms with Crippen LogP contribution in [0.1, 0.15) is 5.56 Å². The average Bonchev–Trinajstić information content (AvgIpc) is 2.74. The second-order valence-electron chi connectivity index (χ2n) is 6.37. The number of benzene rings is 2. The summed E-state index contributed by atoms with van der Waals surface area (Å²) >= 11 is 0.347. The van der Waals surface area contributed by atoms with Crippen molar-refractivity contribution >= 4 is 29.3 Å². The number of rotatable bonds is 11. The average molecular weight is 454 g/mol. The van der Waals surface area contributed by atoms with Gasteiger partial charge in [0, 0.05) is 17.5 Å². The number of carbonyl (C=O) groups is 2. The number of esters is 1. The molecule has 0 aromatic heterocycles. The molecule has 0 unspecified atom stereocenters. The third-order valence-electron chi connectivity index (χ3n) is 4.14. The Morgan fingerprint density at radius 2 is 1.68 bits per heavy atom. The van der Waals surface area contributed by atoms with Crippen molar-refractivity contribution in [3.63, 3.8) is 0 Å². The van der Waals surface area contributed by atoms with Crippen molar-refractivity contribution in [1.29, 1.82) is 0 Å². The lowest BCUT2D eigenvalue weighted by atomic mass is 10.2. The highest BCUT2D eigenvalue weighted by Gasteiger charge is 2.18. The number of thioether (sulfide) groups is 1. The van der Waals surface area contributed by atoms with E-state index in [1.165, 1.54) is 27.4 Å². The number of hydrogen-bond donors (Lipinski definition) is 1. The van der Waals surface area contributed by atoms with Gasteiger partial charge in [-0.25, -0.2) is 0 Å². The molecule has 0 spiro atoms. The van der Waals surface area contributed by atoms with Crippen molar-refractivity contribution in [2.45, 2.75) is 17.2 Å². The number of alkyl halides is 2. The molecule has 2 aromatic carbocycles. The maximum absolute atomic E-state index is 12.8. The number of methoxy groups -OCH3 is 3. The molecule has 168 valence electrons. The number of nitrogens with one attached hydrogen (secondary N) is 1. The highest BCUT2D eigenvalue weighted by atomic mass is 32.2. The summed E-state index contributed by atoms with van der Waals surface area (Å²) in [5, 5.41) is 2.63. The molecular formula is C21H24F2N2O5S. The van der Waals surface area contributed by atoms with Crippen LogP contribution < -0.4 is 14.8 Å². The summed E-state index contributed by atoms with van der Waals surface area (Å²) in [6.07, 6.45) is 0. The maximum atomic E-state index is 12.8. The minimum absolute atomic E-state index is 0.142. The van der Waals surface area contributed by atoms with Gasteiger partial charge in [0.25, 0.3) is 5.76 Å². The van der Waals surface area contributed by atoms with Gasteiger partial charge in [-0.05, 0) is 29.8 Å². The molecule has 31 heavy (non-hydrogen) atoms. The summed E-state index contributed by atoms with van der Waals surface area (Å²) in [5.74, 6) is -2.46. The third-order valence-corrected chi connectivity index (χ3v) is 4.93. The first-order valence-corrected chi connectivity index (χ1v) is 10.1. The highest BCUT2D eigenvalue weighted by Crippen LogP contribution is 2.31. The standard InChI is InChI=1S/C21H24F2N2O5S/c1-28-15-8-14(9-16(10-15)29-2)11-25(13-20(27)30-3)12-19(26)24-17-6-4-5-7-18(17)31-21(22)23/h4-10,21H,11-13H2,1-3H3,(H,24,26). The Hall–Kier alpha value is -2.85. The first-order valence-electron chi connectivity index (χ1n) is 9.19. The Kier molecular flexibility index (Phi) is 9.54. The van der Waals surface area contributed by atoms with Gasteiger partial charge in [-0.2, -0.15) is 8.78 Å². The Morgan fingerprint density at radius 1 is 1.03 bits per heavy atom. The van der Waals surface area contributed by atoms with Crippen LogP contribution in [-0.2, 0) is 20.9 Å². The van der Waals surface area contributed by atoms with Crippen molar-refractivity contribution in [1.82, 2.24) is 4.90 Å². The zero-order valence-corrected chi connectivity index (χ0v) is 18.2. The van der Waals surface area contributed by atoms with Crippen molar-refractivity contribution in [2.75, 3.05) is 39.7 Å². The second-order valence-corrected chi connectivity index (χ2v) is 7.40. The van der Waals surface area contributed by atoms with Gasteiger partial charge in [-0.3, -0.25) is 14.5 Å². The molecule has 0 aliphatic carbocycles. The molecule has 0 radical (unpaired) electrons. The van der Waals surface area contributed by atoms with E-state index in [9.17, 15) is 18.4 Å². The van der Waals surface area contributed by atoms with Crippen LogP contribution in [0.15, 0.2) is 47.4 Å². The number of ether oxygens (including phenoxy) is 3. The Labute approximate surface area is 183 Å². The molecule has 1 N–H and O–H groups in total. The molecule has 0 aliphatic rings. The van der Waals surface area contributed by atoms with Crippen LogP contribution in [0.5, 0.6) is 11.5 Å². The second kappa shape index (κ2) is 12.1. The largest absolute Gasteiger partial charge is 0.497 e. The first-order chi connectivity index (χ1) is 14.8. The van der Waals surface area contributed by atoms with Crippen molar-refractivity contribution in [3.05, 3.63) is 48.0 Å². The van der Waals surface area contributed by atoms with Crippen molar-refractivity contribution in [2.24, 2.45) is 0 Å². The molecule has 0 heterocycles. The summed E-state index contributed by atoms with van der Waals surface area (Å²) < 4.78 is 40.8. The highest BCUT2D eigenvalue weighted by molar-refractivity contribution is 7.99. The van der Waals surface area contributed by atoms with E-state index >= 15 is 0 Å². The van der Waals surface area contributed by atoms with E-state index in [-0.39, 0.29) is 30.2 Å². The van der Waals surface area contributed by atoms with E-state index in [0.717, 1.165) is 5.56 Å². The first kappa shape index (κ1) is 24.4. The fraction of sp³-hybridized carbons (Fsp3) is 0.333. The van der Waals surface area contributed by atoms with Crippen LogP contribution in [0.3, 0.4) is 0 Å². The van der Waals surface area contributed by atoms with Crippen molar-refractivity contribution < 1.29 is 32.6 Å². The number of anilines is 1. The van der Waals surface area contributed by atoms with E-state index in [1.54, 1.807) is 41.3 Å². The zero-order chi connectivity index (χ0) is 22.8. The molecule has 2 aromatic rings. The third kappa shape index (κ3) is 8.06. The summed E-state index contributed by atoms with van der Waals surface area (Å²) in [4.78, 5) is 26.3. The number of nitrogens with zero attached hydrogens (tertiary/aromatic N) is 1. The molecule has 0 bridgehead atoms. The van der Waals surface area contributed by atoms with Gasteiger partial charge in [-0.1, -0.05) is 23.9 Å². The van der Waals surface area contributed by atoms with Gasteiger partial charge in [0.15, 0.2) is 0 Å². The molecule has 0 saturated heterocycles. The minimum Gasteiger partial charge on any atom is -0.497 e. The number of para-hydroxylation sites is 1. The van der Waals surface area contributed by atoms with E-state index in [4.69, 9.17) is 14.2 Å². The van der Waals surface area contributed by atoms with Gasteiger partial charge in [0.05, 0.1) is 40.1 Å². The molecule has 0 atom stereocenters. The number of carbonyl (C=O) groups excluding carboxylic acids is 2. The quantitative estimate of drug-likeness (QED) is 0.410. The molecule has 0 aliphatic heterocycles. The molecule has 2 rings (SSSR count). The fourth-order valence-electron chi connectivity index (χ4n) is 2.79. The zero-order valence-electron chi connectivity index (χ0n) is 17.4. The van der Waals surface area contributed by atoms with Gasteiger partial charge in [0.1, 0.15) is 11.5 Å². The van der Waals surface area contributed by atoms with Crippen LogP contribution in [0, 0.1) is 0 Å². The molecule has 1 amide bonds. The lowest BCUT2D eigenvalue weighted by Crippen LogP contribution is -2.37. The molecular weight excluding hydrogens is 430 g/mol. The predicted molar refractivity (Wildman–Crippen MR) is 114 cm³/mol. The van der Waals surface area contributed by atoms with Crippen LogP contribution >= 0.6 is 11.8 Å². The minimum atomic E-state index is -2.61. The fourth-order valence-corrected chi connectivity index (χ4v) is 3.39. The van der Waals surface area contributed by atoms with Gasteiger partial charge in [-0.15, -0.1) is 0 Å². The monoisotopic (exact) mass is 454 g/mol. The van der Waals surface area contributed by atoms with Crippen LogP contribution in [0.4, 0.5) is 14.5 Å². The molecule has 7 nitrogen and oxygen atoms in total. The summed E-state index contributed by atoms with van der Waals surface area (Å²) in [6.45, 7) is -0.0807. The van der Waals surface area contributed by atoms with Crippen LogP contribution in [0.2, 0.25) is 0 Å². The predicted octanol–water partition coefficient (Wildman–Crippen LogP) is 3.63. The van der Waals surface area contributed by atoms with Gasteiger partial charge < -0.3 is 19.5 Å².